The lowest BCUT2D eigenvalue weighted by atomic mass is 9.90. The molecule has 1 aromatic heterocycles. The molecule has 0 bridgehead atoms. The zero-order valence-electron chi connectivity index (χ0n) is 18.2. The van der Waals surface area contributed by atoms with Crippen LogP contribution in [-0.2, 0) is 14.4 Å². The second-order valence-corrected chi connectivity index (χ2v) is 8.66. The molecule has 1 unspecified atom stereocenters. The van der Waals surface area contributed by atoms with Crippen LogP contribution in [0.2, 0.25) is 5.02 Å². The first-order chi connectivity index (χ1) is 15.6. The lowest BCUT2D eigenvalue weighted by Gasteiger charge is -2.23. The third-order valence-corrected chi connectivity index (χ3v) is 5.87. The number of carbonyl (C=O) groups excluding carboxylic acids is 3. The van der Waals surface area contributed by atoms with Gasteiger partial charge in [0, 0.05) is 28.1 Å². The SMILES string of the molecule is CC(C)[C@H](CC(=O)n1c2ccccc2c2cc(Cl)ccc21)C(=O)NC(CC(=O)O)C(=O)CF. The Morgan fingerprint density at radius 1 is 1.03 bits per heavy atom. The van der Waals surface area contributed by atoms with Crippen LogP contribution in [0.25, 0.3) is 21.8 Å². The lowest BCUT2D eigenvalue weighted by Crippen LogP contribution is -2.47. The van der Waals surface area contributed by atoms with Gasteiger partial charge in [-0.15, -0.1) is 0 Å². The summed E-state index contributed by atoms with van der Waals surface area (Å²) >= 11 is 6.15. The number of nitrogens with zero attached hydrogens (tertiary/aromatic N) is 1. The van der Waals surface area contributed by atoms with Crippen molar-refractivity contribution in [2.45, 2.75) is 32.7 Å². The fourth-order valence-corrected chi connectivity index (χ4v) is 4.09. The van der Waals surface area contributed by atoms with Crippen molar-refractivity contribution in [1.29, 1.82) is 0 Å². The molecule has 0 aliphatic carbocycles. The monoisotopic (exact) mass is 474 g/mol. The maximum atomic E-state index is 13.4. The van der Waals surface area contributed by atoms with E-state index in [1.54, 1.807) is 44.2 Å². The van der Waals surface area contributed by atoms with Crippen LogP contribution in [0.15, 0.2) is 42.5 Å². The summed E-state index contributed by atoms with van der Waals surface area (Å²) in [5, 5.41) is 13.5. The summed E-state index contributed by atoms with van der Waals surface area (Å²) in [5.74, 6) is -4.55. The Balaban J connectivity index is 1.93. The molecule has 2 N–H and O–H groups in total. The van der Waals surface area contributed by atoms with Crippen LogP contribution >= 0.6 is 11.6 Å². The summed E-state index contributed by atoms with van der Waals surface area (Å²) in [7, 11) is 0. The zero-order valence-corrected chi connectivity index (χ0v) is 18.9. The average molecular weight is 475 g/mol. The summed E-state index contributed by atoms with van der Waals surface area (Å²) in [6, 6.07) is 11.0. The number of aliphatic carboxylic acids is 1. The molecule has 9 heteroatoms. The lowest BCUT2D eigenvalue weighted by molar-refractivity contribution is -0.140. The summed E-state index contributed by atoms with van der Waals surface area (Å²) in [6.45, 7) is 2.09. The van der Waals surface area contributed by atoms with E-state index >= 15 is 0 Å². The summed E-state index contributed by atoms with van der Waals surface area (Å²) in [4.78, 5) is 49.1. The van der Waals surface area contributed by atoms with Gasteiger partial charge in [-0.2, -0.15) is 0 Å². The van der Waals surface area contributed by atoms with Gasteiger partial charge in [-0.1, -0.05) is 43.6 Å². The predicted molar refractivity (Wildman–Crippen MR) is 123 cm³/mol. The van der Waals surface area contributed by atoms with E-state index in [-0.39, 0.29) is 18.2 Å². The van der Waals surface area contributed by atoms with Crippen molar-refractivity contribution >= 4 is 57.0 Å². The molecule has 3 rings (SSSR count). The standard InChI is InChI=1S/C24H24ClFN2O5/c1-13(2)16(24(33)27-18(11-23(31)32)21(29)12-26)10-22(30)28-19-6-4-3-5-15(19)17-9-14(25)7-8-20(17)28/h3-9,13,16,18H,10-12H2,1-2H3,(H,27,33)(H,31,32)/t16-,18?/m0/s1. The molecule has 0 saturated carbocycles. The molecule has 0 radical (unpaired) electrons. The number of ketones is 1. The Bertz CT molecular complexity index is 1240. The van der Waals surface area contributed by atoms with E-state index in [4.69, 9.17) is 16.7 Å². The minimum atomic E-state index is -1.49. The van der Waals surface area contributed by atoms with Gasteiger partial charge < -0.3 is 10.4 Å². The molecule has 2 atom stereocenters. The quantitative estimate of drug-likeness (QED) is 0.482. The van der Waals surface area contributed by atoms with E-state index < -0.39 is 42.7 Å². The Labute approximate surface area is 194 Å². The number of carboxylic acids is 1. The van der Waals surface area contributed by atoms with E-state index in [1.165, 1.54) is 4.57 Å². The molecule has 3 aromatic rings. The number of benzene rings is 2. The molecule has 2 aromatic carbocycles. The largest absolute Gasteiger partial charge is 0.481 e. The van der Waals surface area contributed by atoms with Gasteiger partial charge in [0.2, 0.25) is 11.8 Å². The van der Waals surface area contributed by atoms with Crippen LogP contribution in [0.1, 0.15) is 31.5 Å². The number of nitrogens with one attached hydrogen (secondary N) is 1. The molecule has 0 spiro atoms. The molecule has 174 valence electrons. The molecule has 0 fully saturated rings. The number of alkyl halides is 1. The van der Waals surface area contributed by atoms with Gasteiger partial charge in [-0.3, -0.25) is 23.7 Å². The Kier molecular flexibility index (Phi) is 7.48. The van der Waals surface area contributed by atoms with Gasteiger partial charge in [0.25, 0.3) is 0 Å². The summed E-state index contributed by atoms with van der Waals surface area (Å²) < 4.78 is 14.4. The number of amides is 1. The average Bonchev–Trinajstić information content (AvgIpc) is 3.09. The highest BCUT2D eigenvalue weighted by Crippen LogP contribution is 2.32. The number of rotatable bonds is 9. The van der Waals surface area contributed by atoms with Gasteiger partial charge >= 0.3 is 5.97 Å². The number of hydrogen-bond donors (Lipinski definition) is 2. The molecule has 33 heavy (non-hydrogen) atoms. The minimum Gasteiger partial charge on any atom is -0.481 e. The highest BCUT2D eigenvalue weighted by atomic mass is 35.5. The van der Waals surface area contributed by atoms with E-state index in [1.807, 2.05) is 12.1 Å². The van der Waals surface area contributed by atoms with Crippen LogP contribution in [0.3, 0.4) is 0 Å². The van der Waals surface area contributed by atoms with Crippen molar-refractivity contribution in [2.75, 3.05) is 6.67 Å². The molecule has 1 amide bonds. The summed E-state index contributed by atoms with van der Waals surface area (Å²) in [5.41, 5.74) is 1.31. The predicted octanol–water partition coefficient (Wildman–Crippen LogP) is 4.25. The first-order valence-electron chi connectivity index (χ1n) is 10.5. The highest BCUT2D eigenvalue weighted by Gasteiger charge is 2.31. The number of aromatic nitrogens is 1. The van der Waals surface area contributed by atoms with Crippen molar-refractivity contribution in [3.8, 4) is 0 Å². The number of para-hydroxylation sites is 1. The molecule has 1 heterocycles. The van der Waals surface area contributed by atoms with Crippen molar-refractivity contribution in [3.05, 3.63) is 47.5 Å². The molecule has 0 aliphatic rings. The summed E-state index contributed by atoms with van der Waals surface area (Å²) in [6.07, 6.45) is -0.926. The van der Waals surface area contributed by atoms with Crippen molar-refractivity contribution in [2.24, 2.45) is 11.8 Å². The van der Waals surface area contributed by atoms with Gasteiger partial charge in [0.1, 0.15) is 12.7 Å². The molecular weight excluding hydrogens is 451 g/mol. The van der Waals surface area contributed by atoms with E-state index in [2.05, 4.69) is 5.32 Å². The third-order valence-electron chi connectivity index (χ3n) is 5.64. The number of carbonyl (C=O) groups is 4. The Hall–Kier alpha value is -3.26. The first kappa shape index (κ1) is 24.4. The fourth-order valence-electron chi connectivity index (χ4n) is 3.92. The number of halogens is 2. The van der Waals surface area contributed by atoms with E-state index in [9.17, 15) is 23.6 Å². The fraction of sp³-hybridized carbons (Fsp3) is 0.333. The van der Waals surface area contributed by atoms with Crippen LogP contribution in [0.4, 0.5) is 4.39 Å². The third kappa shape index (κ3) is 5.22. The van der Waals surface area contributed by atoms with Crippen molar-refractivity contribution in [3.63, 3.8) is 0 Å². The van der Waals surface area contributed by atoms with Gasteiger partial charge in [0.05, 0.1) is 17.5 Å². The van der Waals surface area contributed by atoms with Gasteiger partial charge in [-0.05, 0) is 30.2 Å². The smallest absolute Gasteiger partial charge is 0.305 e. The minimum absolute atomic E-state index is 0.191. The van der Waals surface area contributed by atoms with Crippen LogP contribution < -0.4 is 5.32 Å². The zero-order chi connectivity index (χ0) is 24.3. The number of Topliss-reactive ketones (excluding diaryl/α,β-unsaturated/α-hetero) is 1. The second-order valence-electron chi connectivity index (χ2n) is 8.22. The van der Waals surface area contributed by atoms with Crippen molar-refractivity contribution < 1.29 is 28.7 Å². The number of hydrogen-bond acceptors (Lipinski definition) is 4. The Morgan fingerprint density at radius 3 is 2.33 bits per heavy atom. The molecule has 0 saturated heterocycles. The topological polar surface area (TPSA) is 105 Å². The number of fused-ring (bicyclic) bond motifs is 3. The van der Waals surface area contributed by atoms with E-state index in [0.717, 1.165) is 10.8 Å². The normalized spacial score (nSPS) is 13.2. The molecule has 7 nitrogen and oxygen atoms in total. The maximum Gasteiger partial charge on any atom is 0.305 e. The maximum absolute atomic E-state index is 13.4. The van der Waals surface area contributed by atoms with Crippen LogP contribution in [0, 0.1) is 11.8 Å². The number of carboxylic acid groups (broad SMARTS) is 1. The van der Waals surface area contributed by atoms with Gasteiger partial charge in [0.15, 0.2) is 5.78 Å². The van der Waals surface area contributed by atoms with Gasteiger partial charge in [-0.25, -0.2) is 4.39 Å². The second kappa shape index (κ2) is 10.1. The molecule has 0 aliphatic heterocycles. The first-order valence-corrected chi connectivity index (χ1v) is 10.8. The Morgan fingerprint density at radius 2 is 1.70 bits per heavy atom. The highest BCUT2D eigenvalue weighted by molar-refractivity contribution is 6.32. The van der Waals surface area contributed by atoms with Crippen LogP contribution in [0.5, 0.6) is 0 Å². The van der Waals surface area contributed by atoms with E-state index in [0.29, 0.717) is 16.1 Å². The van der Waals surface area contributed by atoms with Crippen molar-refractivity contribution in [1.82, 2.24) is 9.88 Å². The van der Waals surface area contributed by atoms with Crippen LogP contribution in [-0.4, -0.2) is 46.0 Å². The molecular formula is C24H24ClFN2O5.